The first kappa shape index (κ1) is 12.5. The van der Waals surface area contributed by atoms with Crippen LogP contribution in [0.3, 0.4) is 0 Å². The number of anilines is 2. The molecule has 0 fully saturated rings. The van der Waals surface area contributed by atoms with Gasteiger partial charge in [0.05, 0.1) is 17.4 Å². The van der Waals surface area contributed by atoms with Gasteiger partial charge in [0.25, 0.3) is 0 Å². The van der Waals surface area contributed by atoms with Crippen LogP contribution in [0, 0.1) is 13.8 Å². The predicted octanol–water partition coefficient (Wildman–Crippen LogP) is 1.81. The average molecular weight is 261 g/mol. The van der Waals surface area contributed by atoms with Crippen molar-refractivity contribution >= 4 is 28.7 Å². The van der Waals surface area contributed by atoms with E-state index in [2.05, 4.69) is 15.4 Å². The number of nitrogens with one attached hydrogen (secondary N) is 1. The van der Waals surface area contributed by atoms with Crippen molar-refractivity contribution in [2.45, 2.75) is 13.8 Å². The van der Waals surface area contributed by atoms with E-state index in [4.69, 9.17) is 18.0 Å². The topological polar surface area (TPSA) is 68.8 Å². The Morgan fingerprint density at radius 3 is 2.72 bits per heavy atom. The van der Waals surface area contributed by atoms with Gasteiger partial charge in [-0.1, -0.05) is 12.2 Å². The van der Waals surface area contributed by atoms with Crippen LogP contribution in [0.2, 0.25) is 0 Å². The molecule has 0 amide bonds. The summed E-state index contributed by atoms with van der Waals surface area (Å²) in [5.41, 5.74) is 9.32. The smallest absolute Gasteiger partial charge is 0.141 e. The minimum absolute atomic E-state index is 0.339. The lowest BCUT2D eigenvalue weighted by atomic mass is 10.1. The molecule has 0 aliphatic carbocycles. The quantitative estimate of drug-likeness (QED) is 0.825. The maximum atomic E-state index is 5.75. The fourth-order valence-corrected chi connectivity index (χ4v) is 2.12. The third kappa shape index (κ3) is 2.48. The summed E-state index contributed by atoms with van der Waals surface area (Å²) in [5.74, 6) is 0.674. The van der Waals surface area contributed by atoms with Gasteiger partial charge in [0, 0.05) is 18.9 Å². The van der Waals surface area contributed by atoms with Gasteiger partial charge in [-0.2, -0.15) is 5.10 Å². The van der Waals surface area contributed by atoms with Gasteiger partial charge in [0.15, 0.2) is 0 Å². The van der Waals surface area contributed by atoms with Crippen molar-refractivity contribution in [1.29, 1.82) is 0 Å². The molecule has 2 aromatic rings. The van der Waals surface area contributed by atoms with Crippen LogP contribution in [0.5, 0.6) is 0 Å². The molecule has 0 atom stereocenters. The van der Waals surface area contributed by atoms with E-state index in [1.807, 2.05) is 33.2 Å². The molecule has 0 aliphatic rings. The average Bonchev–Trinajstić information content (AvgIpc) is 2.62. The van der Waals surface area contributed by atoms with Crippen molar-refractivity contribution < 1.29 is 0 Å². The second-order valence-electron chi connectivity index (χ2n) is 4.20. The van der Waals surface area contributed by atoms with E-state index in [0.29, 0.717) is 10.8 Å². The van der Waals surface area contributed by atoms with Crippen LogP contribution in [-0.4, -0.2) is 19.8 Å². The molecule has 2 rings (SSSR count). The zero-order valence-corrected chi connectivity index (χ0v) is 11.4. The van der Waals surface area contributed by atoms with E-state index < -0.39 is 0 Å². The first-order valence-electron chi connectivity index (χ1n) is 5.51. The Labute approximate surface area is 111 Å². The van der Waals surface area contributed by atoms with Gasteiger partial charge < -0.3 is 11.1 Å². The third-order valence-electron chi connectivity index (χ3n) is 2.56. The lowest BCUT2D eigenvalue weighted by Crippen LogP contribution is -2.15. The number of aryl methyl sites for hydroxylation is 3. The molecule has 2 heterocycles. The number of aromatic nitrogens is 3. The van der Waals surface area contributed by atoms with Crippen LogP contribution in [0.25, 0.3) is 0 Å². The molecular formula is C12H15N5S. The summed E-state index contributed by atoms with van der Waals surface area (Å²) in [6.07, 6.45) is 3.59. The summed E-state index contributed by atoms with van der Waals surface area (Å²) >= 11 is 5.08. The molecule has 0 bridgehead atoms. The molecular weight excluding hydrogens is 246 g/mol. The molecule has 5 nitrogen and oxygen atoms in total. The SMILES string of the molecule is Cc1cc(C)c(C(N)=S)c(Nc2cnn(C)c2)n1. The van der Waals surface area contributed by atoms with Gasteiger partial charge in [0.1, 0.15) is 10.8 Å². The number of hydrogen-bond acceptors (Lipinski definition) is 4. The van der Waals surface area contributed by atoms with Gasteiger partial charge in [-0.3, -0.25) is 4.68 Å². The number of thiocarbonyl (C=S) groups is 1. The first-order valence-corrected chi connectivity index (χ1v) is 5.92. The zero-order valence-electron chi connectivity index (χ0n) is 10.6. The highest BCUT2D eigenvalue weighted by Crippen LogP contribution is 2.22. The maximum Gasteiger partial charge on any atom is 0.141 e. The van der Waals surface area contributed by atoms with Gasteiger partial charge in [0.2, 0.25) is 0 Å². The Morgan fingerprint density at radius 1 is 1.44 bits per heavy atom. The van der Waals surface area contributed by atoms with Crippen LogP contribution in [0.15, 0.2) is 18.5 Å². The van der Waals surface area contributed by atoms with E-state index >= 15 is 0 Å². The fraction of sp³-hybridized carbons (Fsp3) is 0.250. The normalized spacial score (nSPS) is 10.4. The third-order valence-corrected chi connectivity index (χ3v) is 2.76. The predicted molar refractivity (Wildman–Crippen MR) is 76.1 cm³/mol. The Balaban J connectivity index is 2.45. The summed E-state index contributed by atoms with van der Waals surface area (Å²) in [5, 5.41) is 7.29. The molecule has 18 heavy (non-hydrogen) atoms. The minimum atomic E-state index is 0.339. The summed E-state index contributed by atoms with van der Waals surface area (Å²) in [4.78, 5) is 4.78. The molecule has 0 spiro atoms. The number of nitrogens with zero attached hydrogens (tertiary/aromatic N) is 3. The highest BCUT2D eigenvalue weighted by atomic mass is 32.1. The molecule has 2 aromatic heterocycles. The lowest BCUT2D eigenvalue weighted by molar-refractivity contribution is 0.768. The summed E-state index contributed by atoms with van der Waals surface area (Å²) in [7, 11) is 1.86. The van der Waals surface area contributed by atoms with E-state index in [1.54, 1.807) is 10.9 Å². The molecule has 0 aromatic carbocycles. The summed E-state index contributed by atoms with van der Waals surface area (Å²) in [6, 6.07) is 1.96. The van der Waals surface area contributed by atoms with Crippen molar-refractivity contribution in [2.24, 2.45) is 12.8 Å². The highest BCUT2D eigenvalue weighted by Gasteiger charge is 2.12. The van der Waals surface area contributed by atoms with Crippen molar-refractivity contribution in [3.05, 3.63) is 35.3 Å². The Kier molecular flexibility index (Phi) is 3.29. The molecule has 3 N–H and O–H groups in total. The van der Waals surface area contributed by atoms with Crippen molar-refractivity contribution in [2.75, 3.05) is 5.32 Å². The van der Waals surface area contributed by atoms with Gasteiger partial charge >= 0.3 is 0 Å². The number of rotatable bonds is 3. The number of nitrogens with two attached hydrogens (primary N) is 1. The Bertz CT molecular complexity index is 603. The van der Waals surface area contributed by atoms with Gasteiger partial charge in [-0.05, 0) is 25.5 Å². The van der Waals surface area contributed by atoms with Crippen LogP contribution >= 0.6 is 12.2 Å². The van der Waals surface area contributed by atoms with Crippen molar-refractivity contribution in [3.63, 3.8) is 0 Å². The Morgan fingerprint density at radius 2 is 2.17 bits per heavy atom. The lowest BCUT2D eigenvalue weighted by Gasteiger charge is -2.12. The second-order valence-corrected chi connectivity index (χ2v) is 4.64. The first-order chi connectivity index (χ1) is 8.47. The van der Waals surface area contributed by atoms with Crippen LogP contribution < -0.4 is 11.1 Å². The summed E-state index contributed by atoms with van der Waals surface area (Å²) < 4.78 is 1.71. The standard InChI is InChI=1S/C12H15N5S/c1-7-4-8(2)15-12(10(7)11(13)18)16-9-5-14-17(3)6-9/h4-6H,1-3H3,(H2,13,18)(H,15,16). The largest absolute Gasteiger partial charge is 0.389 e. The van der Waals surface area contributed by atoms with Crippen LogP contribution in [0.4, 0.5) is 11.5 Å². The monoisotopic (exact) mass is 261 g/mol. The fourth-order valence-electron chi connectivity index (χ4n) is 1.86. The zero-order chi connectivity index (χ0) is 13.3. The van der Waals surface area contributed by atoms with Gasteiger partial charge in [-0.25, -0.2) is 4.98 Å². The molecule has 94 valence electrons. The van der Waals surface area contributed by atoms with Crippen molar-refractivity contribution in [3.8, 4) is 0 Å². The molecule has 0 radical (unpaired) electrons. The highest BCUT2D eigenvalue weighted by molar-refractivity contribution is 7.80. The molecule has 0 saturated heterocycles. The summed E-state index contributed by atoms with van der Waals surface area (Å²) in [6.45, 7) is 3.91. The van der Waals surface area contributed by atoms with Gasteiger partial charge in [-0.15, -0.1) is 0 Å². The number of hydrogen-bond donors (Lipinski definition) is 2. The number of pyridine rings is 1. The van der Waals surface area contributed by atoms with E-state index in [1.165, 1.54) is 0 Å². The van der Waals surface area contributed by atoms with E-state index in [0.717, 1.165) is 22.5 Å². The molecule has 6 heteroatoms. The van der Waals surface area contributed by atoms with Crippen molar-refractivity contribution in [1.82, 2.24) is 14.8 Å². The maximum absolute atomic E-state index is 5.75. The van der Waals surface area contributed by atoms with Crippen LogP contribution in [0.1, 0.15) is 16.8 Å². The van der Waals surface area contributed by atoms with E-state index in [-0.39, 0.29) is 0 Å². The second kappa shape index (κ2) is 4.73. The molecule has 0 aliphatic heterocycles. The molecule has 0 unspecified atom stereocenters. The van der Waals surface area contributed by atoms with Crippen LogP contribution in [-0.2, 0) is 7.05 Å². The Hall–Kier alpha value is -1.95. The molecule has 0 saturated carbocycles. The minimum Gasteiger partial charge on any atom is -0.389 e. The van der Waals surface area contributed by atoms with E-state index in [9.17, 15) is 0 Å².